The van der Waals surface area contributed by atoms with E-state index in [0.717, 1.165) is 11.3 Å². The Morgan fingerprint density at radius 2 is 2.19 bits per heavy atom. The van der Waals surface area contributed by atoms with Gasteiger partial charge >= 0.3 is 0 Å². The number of nitrogens with one attached hydrogen (secondary N) is 2. The molecule has 0 bridgehead atoms. The van der Waals surface area contributed by atoms with Crippen LogP contribution < -0.4 is 10.6 Å². The predicted molar refractivity (Wildman–Crippen MR) is 62.8 cm³/mol. The SMILES string of the molecule is CC(C)C(=O)Nc1cccc(CNC=O)c1. The third kappa shape index (κ3) is 3.73. The standard InChI is InChI=1S/C12H16N2O2/c1-9(2)12(16)14-11-5-3-4-10(6-11)7-13-8-15/h3-6,8-9H,7H2,1-2H3,(H,13,15)(H,14,16). The molecular formula is C12H16N2O2. The molecule has 0 fully saturated rings. The Morgan fingerprint density at radius 1 is 1.44 bits per heavy atom. The Bertz CT molecular complexity index is 375. The number of hydrogen-bond donors (Lipinski definition) is 2. The first kappa shape index (κ1) is 12.2. The summed E-state index contributed by atoms with van der Waals surface area (Å²) < 4.78 is 0. The van der Waals surface area contributed by atoms with Crippen LogP contribution in [-0.4, -0.2) is 12.3 Å². The molecule has 0 saturated heterocycles. The maximum absolute atomic E-state index is 11.5. The van der Waals surface area contributed by atoms with Gasteiger partial charge in [-0.1, -0.05) is 26.0 Å². The third-order valence-electron chi connectivity index (χ3n) is 2.11. The van der Waals surface area contributed by atoms with Crippen molar-refractivity contribution in [2.75, 3.05) is 5.32 Å². The van der Waals surface area contributed by atoms with Crippen molar-refractivity contribution < 1.29 is 9.59 Å². The molecule has 2 N–H and O–H groups in total. The van der Waals surface area contributed by atoms with E-state index < -0.39 is 0 Å². The summed E-state index contributed by atoms with van der Waals surface area (Å²) in [7, 11) is 0. The highest BCUT2D eigenvalue weighted by Gasteiger charge is 2.06. The zero-order chi connectivity index (χ0) is 12.0. The zero-order valence-corrected chi connectivity index (χ0v) is 9.49. The van der Waals surface area contributed by atoms with Gasteiger partial charge in [-0.2, -0.15) is 0 Å². The number of anilines is 1. The molecule has 2 amide bonds. The fraction of sp³-hybridized carbons (Fsp3) is 0.333. The van der Waals surface area contributed by atoms with E-state index in [-0.39, 0.29) is 11.8 Å². The summed E-state index contributed by atoms with van der Waals surface area (Å²) in [6.07, 6.45) is 0.652. The molecule has 86 valence electrons. The molecule has 0 heterocycles. The molecule has 4 heteroatoms. The van der Waals surface area contributed by atoms with E-state index in [1.165, 1.54) is 0 Å². The highest BCUT2D eigenvalue weighted by atomic mass is 16.1. The number of carbonyl (C=O) groups excluding carboxylic acids is 2. The maximum atomic E-state index is 11.5. The van der Waals surface area contributed by atoms with Crippen LogP contribution in [0.3, 0.4) is 0 Å². The molecule has 0 saturated carbocycles. The van der Waals surface area contributed by atoms with Gasteiger partial charge in [0.2, 0.25) is 12.3 Å². The monoisotopic (exact) mass is 220 g/mol. The molecule has 0 spiro atoms. The maximum Gasteiger partial charge on any atom is 0.226 e. The van der Waals surface area contributed by atoms with Crippen molar-refractivity contribution in [3.8, 4) is 0 Å². The summed E-state index contributed by atoms with van der Waals surface area (Å²) in [6, 6.07) is 7.40. The van der Waals surface area contributed by atoms with Crippen molar-refractivity contribution in [1.29, 1.82) is 0 Å². The first-order chi connectivity index (χ1) is 7.63. The molecule has 1 rings (SSSR count). The second kappa shape index (κ2) is 5.90. The molecule has 0 radical (unpaired) electrons. The van der Waals surface area contributed by atoms with Crippen LogP contribution in [-0.2, 0) is 16.1 Å². The lowest BCUT2D eigenvalue weighted by atomic mass is 10.1. The van der Waals surface area contributed by atoms with Crippen molar-refractivity contribution in [2.45, 2.75) is 20.4 Å². The van der Waals surface area contributed by atoms with Crippen molar-refractivity contribution in [2.24, 2.45) is 5.92 Å². The fourth-order valence-corrected chi connectivity index (χ4v) is 1.21. The van der Waals surface area contributed by atoms with Crippen LogP contribution in [0.25, 0.3) is 0 Å². The molecule has 0 aliphatic carbocycles. The molecule has 1 aromatic rings. The Kier molecular flexibility index (Phi) is 4.51. The number of amides is 2. The van der Waals surface area contributed by atoms with E-state index in [2.05, 4.69) is 10.6 Å². The normalized spacial score (nSPS) is 9.94. The van der Waals surface area contributed by atoms with Crippen LogP contribution in [0.15, 0.2) is 24.3 Å². The van der Waals surface area contributed by atoms with Crippen LogP contribution in [0.2, 0.25) is 0 Å². The van der Waals surface area contributed by atoms with Gasteiger partial charge in [0.15, 0.2) is 0 Å². The molecule has 1 aromatic carbocycles. The number of benzene rings is 1. The average Bonchev–Trinajstić information content (AvgIpc) is 2.26. The second-order valence-electron chi connectivity index (χ2n) is 3.84. The Balaban J connectivity index is 2.66. The van der Waals surface area contributed by atoms with Gasteiger partial charge in [0, 0.05) is 18.2 Å². The molecule has 16 heavy (non-hydrogen) atoms. The lowest BCUT2D eigenvalue weighted by Crippen LogP contribution is -2.18. The third-order valence-corrected chi connectivity index (χ3v) is 2.11. The summed E-state index contributed by atoms with van der Waals surface area (Å²) in [4.78, 5) is 21.6. The van der Waals surface area contributed by atoms with Gasteiger partial charge in [0.1, 0.15) is 0 Å². The van der Waals surface area contributed by atoms with E-state index in [1.54, 1.807) is 0 Å². The van der Waals surface area contributed by atoms with E-state index in [1.807, 2.05) is 38.1 Å². The minimum atomic E-state index is -0.0447. The first-order valence-electron chi connectivity index (χ1n) is 5.20. The quantitative estimate of drug-likeness (QED) is 0.739. The second-order valence-corrected chi connectivity index (χ2v) is 3.84. The average molecular weight is 220 g/mol. The van der Waals surface area contributed by atoms with Crippen LogP contribution in [0, 0.1) is 5.92 Å². The van der Waals surface area contributed by atoms with Gasteiger partial charge in [-0.15, -0.1) is 0 Å². The van der Waals surface area contributed by atoms with Gasteiger partial charge in [0.05, 0.1) is 0 Å². The number of carbonyl (C=O) groups is 2. The summed E-state index contributed by atoms with van der Waals surface area (Å²) in [5.41, 5.74) is 1.71. The van der Waals surface area contributed by atoms with Gasteiger partial charge in [-0.25, -0.2) is 0 Å². The lowest BCUT2D eigenvalue weighted by molar-refractivity contribution is -0.118. The summed E-state index contributed by atoms with van der Waals surface area (Å²) in [5, 5.41) is 5.38. The first-order valence-corrected chi connectivity index (χ1v) is 5.20. The largest absolute Gasteiger partial charge is 0.355 e. The van der Waals surface area contributed by atoms with Gasteiger partial charge in [-0.3, -0.25) is 9.59 Å². The van der Waals surface area contributed by atoms with E-state index in [0.29, 0.717) is 13.0 Å². The van der Waals surface area contributed by atoms with Crippen LogP contribution in [0.1, 0.15) is 19.4 Å². The molecular weight excluding hydrogens is 204 g/mol. The van der Waals surface area contributed by atoms with Crippen LogP contribution in [0.4, 0.5) is 5.69 Å². The number of rotatable bonds is 5. The van der Waals surface area contributed by atoms with Crippen molar-refractivity contribution >= 4 is 18.0 Å². The molecule has 0 aliphatic rings. The smallest absolute Gasteiger partial charge is 0.226 e. The molecule has 0 aromatic heterocycles. The van der Waals surface area contributed by atoms with Gasteiger partial charge < -0.3 is 10.6 Å². The zero-order valence-electron chi connectivity index (χ0n) is 9.49. The van der Waals surface area contributed by atoms with Gasteiger partial charge in [-0.05, 0) is 17.7 Å². The van der Waals surface area contributed by atoms with Crippen molar-refractivity contribution in [1.82, 2.24) is 5.32 Å². The minimum Gasteiger partial charge on any atom is -0.355 e. The Hall–Kier alpha value is -1.84. The molecule has 0 unspecified atom stereocenters. The highest BCUT2D eigenvalue weighted by molar-refractivity contribution is 5.92. The summed E-state index contributed by atoms with van der Waals surface area (Å²) >= 11 is 0. The van der Waals surface area contributed by atoms with E-state index >= 15 is 0 Å². The van der Waals surface area contributed by atoms with Crippen molar-refractivity contribution in [3.05, 3.63) is 29.8 Å². The Morgan fingerprint density at radius 3 is 2.81 bits per heavy atom. The fourth-order valence-electron chi connectivity index (χ4n) is 1.21. The topological polar surface area (TPSA) is 58.2 Å². The lowest BCUT2D eigenvalue weighted by Gasteiger charge is -2.09. The van der Waals surface area contributed by atoms with Crippen molar-refractivity contribution in [3.63, 3.8) is 0 Å². The van der Waals surface area contributed by atoms with Crippen LogP contribution >= 0.6 is 0 Å². The number of hydrogen-bond acceptors (Lipinski definition) is 2. The van der Waals surface area contributed by atoms with E-state index in [9.17, 15) is 9.59 Å². The molecule has 4 nitrogen and oxygen atoms in total. The summed E-state index contributed by atoms with van der Waals surface area (Å²) in [6.45, 7) is 4.15. The molecule has 0 aliphatic heterocycles. The Labute approximate surface area is 95.0 Å². The highest BCUT2D eigenvalue weighted by Crippen LogP contribution is 2.11. The predicted octanol–water partition coefficient (Wildman–Crippen LogP) is 1.53. The molecule has 0 atom stereocenters. The van der Waals surface area contributed by atoms with Gasteiger partial charge in [0.25, 0.3) is 0 Å². The summed E-state index contributed by atoms with van der Waals surface area (Å²) in [5.74, 6) is -0.0581. The van der Waals surface area contributed by atoms with Crippen LogP contribution in [0.5, 0.6) is 0 Å². The van der Waals surface area contributed by atoms with E-state index in [4.69, 9.17) is 0 Å². The minimum absolute atomic E-state index is 0.0134.